The number of nitro benzene ring substituents is 1. The zero-order chi connectivity index (χ0) is 20.7. The van der Waals surface area contributed by atoms with Gasteiger partial charge in [0.15, 0.2) is 18.2 Å². The molecule has 0 heterocycles. The molecule has 148 valence electrons. The lowest BCUT2D eigenvalue weighted by molar-refractivity contribution is -0.384. The monoisotopic (exact) mass is 395 g/mol. The summed E-state index contributed by atoms with van der Waals surface area (Å²) in [6.45, 7) is -0.934. The van der Waals surface area contributed by atoms with Gasteiger partial charge < -0.3 is 20.5 Å². The third-order valence-electron chi connectivity index (χ3n) is 3.40. The van der Waals surface area contributed by atoms with Crippen LogP contribution in [0, 0.1) is 21.7 Å². The Morgan fingerprint density at radius 1 is 1.14 bits per heavy atom. The molecule has 11 heteroatoms. The molecule has 0 saturated heterocycles. The van der Waals surface area contributed by atoms with E-state index < -0.39 is 35.0 Å². The standard InChI is InChI=1S/C17H15F2N3O6/c18-13-3-1-10(7-14(13)19)21-16(24)9-28-17(25)12-8-11(22(26)27)2-4-15(12)20-5-6-23/h1-4,7-8,20,23H,5-6,9H2,(H,21,24). The third kappa shape index (κ3) is 5.45. The van der Waals surface area contributed by atoms with Crippen molar-refractivity contribution in [3.63, 3.8) is 0 Å². The number of esters is 1. The Bertz CT molecular complexity index is 906. The minimum atomic E-state index is -1.16. The van der Waals surface area contributed by atoms with Crippen molar-refractivity contribution in [3.05, 3.63) is 63.7 Å². The number of aliphatic hydroxyl groups excluding tert-OH is 1. The fourth-order valence-corrected chi connectivity index (χ4v) is 2.14. The number of hydrogen-bond acceptors (Lipinski definition) is 7. The zero-order valence-corrected chi connectivity index (χ0v) is 14.3. The van der Waals surface area contributed by atoms with Gasteiger partial charge in [0.2, 0.25) is 0 Å². The fourth-order valence-electron chi connectivity index (χ4n) is 2.14. The highest BCUT2D eigenvalue weighted by Gasteiger charge is 2.19. The molecule has 0 spiro atoms. The van der Waals surface area contributed by atoms with Crippen molar-refractivity contribution in [2.75, 3.05) is 30.4 Å². The van der Waals surface area contributed by atoms with E-state index in [0.29, 0.717) is 0 Å². The maximum Gasteiger partial charge on any atom is 0.341 e. The van der Waals surface area contributed by atoms with Crippen LogP contribution in [0.1, 0.15) is 10.4 Å². The first kappa shape index (κ1) is 20.7. The number of ether oxygens (including phenoxy) is 1. The second-order valence-electron chi connectivity index (χ2n) is 5.39. The molecule has 2 aromatic rings. The molecule has 0 unspecified atom stereocenters. The summed E-state index contributed by atoms with van der Waals surface area (Å²) in [5.74, 6) is -4.09. The smallest absolute Gasteiger partial charge is 0.341 e. The Morgan fingerprint density at radius 3 is 2.54 bits per heavy atom. The number of rotatable bonds is 8. The summed E-state index contributed by atoms with van der Waals surface area (Å²) in [7, 11) is 0. The van der Waals surface area contributed by atoms with Crippen molar-refractivity contribution in [1.29, 1.82) is 0 Å². The van der Waals surface area contributed by atoms with E-state index in [0.717, 1.165) is 30.3 Å². The van der Waals surface area contributed by atoms with Gasteiger partial charge >= 0.3 is 5.97 Å². The molecule has 0 aliphatic rings. The molecule has 28 heavy (non-hydrogen) atoms. The lowest BCUT2D eigenvalue weighted by Crippen LogP contribution is -2.22. The van der Waals surface area contributed by atoms with E-state index in [1.165, 1.54) is 6.07 Å². The molecule has 0 atom stereocenters. The third-order valence-corrected chi connectivity index (χ3v) is 3.40. The molecule has 2 rings (SSSR count). The first-order valence-electron chi connectivity index (χ1n) is 7.87. The van der Waals surface area contributed by atoms with Crippen molar-refractivity contribution in [2.45, 2.75) is 0 Å². The van der Waals surface area contributed by atoms with Crippen molar-refractivity contribution < 1.29 is 33.1 Å². The lowest BCUT2D eigenvalue weighted by Gasteiger charge is -2.11. The Kier molecular flexibility index (Phi) is 6.93. The summed E-state index contributed by atoms with van der Waals surface area (Å²) in [5.41, 5.74) is -0.442. The van der Waals surface area contributed by atoms with Crippen molar-refractivity contribution in [2.24, 2.45) is 0 Å². The molecular formula is C17H15F2N3O6. The summed E-state index contributed by atoms with van der Waals surface area (Å²) in [5, 5.41) is 24.7. The zero-order valence-electron chi connectivity index (χ0n) is 14.3. The number of aliphatic hydroxyl groups is 1. The van der Waals surface area contributed by atoms with E-state index in [9.17, 15) is 28.5 Å². The van der Waals surface area contributed by atoms with Gasteiger partial charge in [0.1, 0.15) is 0 Å². The van der Waals surface area contributed by atoms with Gasteiger partial charge in [-0.05, 0) is 18.2 Å². The summed E-state index contributed by atoms with van der Waals surface area (Å²) < 4.78 is 30.8. The summed E-state index contributed by atoms with van der Waals surface area (Å²) in [6.07, 6.45) is 0. The van der Waals surface area contributed by atoms with Gasteiger partial charge in [-0.1, -0.05) is 0 Å². The van der Waals surface area contributed by atoms with E-state index in [1.807, 2.05) is 0 Å². The van der Waals surface area contributed by atoms with E-state index in [2.05, 4.69) is 10.6 Å². The quantitative estimate of drug-likeness (QED) is 0.354. The number of nitrogens with one attached hydrogen (secondary N) is 2. The maximum absolute atomic E-state index is 13.1. The first-order valence-corrected chi connectivity index (χ1v) is 7.87. The van der Waals surface area contributed by atoms with Crippen LogP contribution < -0.4 is 10.6 Å². The van der Waals surface area contributed by atoms with Crippen LogP contribution in [0.2, 0.25) is 0 Å². The van der Waals surface area contributed by atoms with E-state index in [1.54, 1.807) is 0 Å². The van der Waals surface area contributed by atoms with Crippen molar-refractivity contribution in [1.82, 2.24) is 0 Å². The van der Waals surface area contributed by atoms with Crippen molar-refractivity contribution in [3.8, 4) is 0 Å². The predicted octanol–water partition coefficient (Wildman–Crippen LogP) is 2.07. The van der Waals surface area contributed by atoms with Crippen LogP contribution in [0.25, 0.3) is 0 Å². The predicted molar refractivity (Wildman–Crippen MR) is 93.9 cm³/mol. The molecule has 0 aliphatic heterocycles. The molecule has 0 fully saturated rings. The van der Waals surface area contributed by atoms with Gasteiger partial charge in [-0.3, -0.25) is 14.9 Å². The Hall–Kier alpha value is -3.60. The molecule has 0 aromatic heterocycles. The molecule has 2 aromatic carbocycles. The molecule has 0 bridgehead atoms. The van der Waals surface area contributed by atoms with Gasteiger partial charge in [0.25, 0.3) is 11.6 Å². The fraction of sp³-hybridized carbons (Fsp3) is 0.176. The number of halogens is 2. The SMILES string of the molecule is O=C(COC(=O)c1cc([N+](=O)[O-])ccc1NCCO)Nc1ccc(F)c(F)c1. The average Bonchev–Trinajstić information content (AvgIpc) is 2.67. The van der Waals surface area contributed by atoms with Gasteiger partial charge in [0.05, 0.1) is 17.1 Å². The highest BCUT2D eigenvalue weighted by atomic mass is 19.2. The second kappa shape index (κ2) is 9.37. The Balaban J connectivity index is 2.06. The number of anilines is 2. The normalized spacial score (nSPS) is 10.2. The van der Waals surface area contributed by atoms with Crippen LogP contribution in [-0.2, 0) is 9.53 Å². The largest absolute Gasteiger partial charge is 0.452 e. The average molecular weight is 395 g/mol. The van der Waals surface area contributed by atoms with Crippen molar-refractivity contribution >= 4 is 28.9 Å². The number of benzene rings is 2. The topological polar surface area (TPSA) is 131 Å². The van der Waals surface area contributed by atoms with E-state index in [4.69, 9.17) is 9.84 Å². The summed E-state index contributed by atoms with van der Waals surface area (Å²) in [6, 6.07) is 6.09. The van der Waals surface area contributed by atoms with Gasteiger partial charge in [-0.2, -0.15) is 0 Å². The van der Waals surface area contributed by atoms with Crippen LogP contribution in [0.3, 0.4) is 0 Å². The minimum absolute atomic E-state index is 0.0411. The van der Waals surface area contributed by atoms with Gasteiger partial charge in [-0.25, -0.2) is 13.6 Å². The first-order chi connectivity index (χ1) is 13.3. The highest BCUT2D eigenvalue weighted by molar-refractivity contribution is 5.99. The number of amides is 1. The molecule has 0 aliphatic carbocycles. The van der Waals surface area contributed by atoms with E-state index >= 15 is 0 Å². The molecular weight excluding hydrogens is 380 g/mol. The van der Waals surface area contributed by atoms with Crippen LogP contribution in [0.5, 0.6) is 0 Å². The molecule has 0 saturated carbocycles. The highest BCUT2D eigenvalue weighted by Crippen LogP contribution is 2.23. The number of nitrogens with zero attached hydrogens (tertiary/aromatic N) is 1. The number of carbonyl (C=O) groups is 2. The number of carbonyl (C=O) groups excluding carboxylic acids is 2. The Morgan fingerprint density at radius 2 is 1.89 bits per heavy atom. The molecule has 0 radical (unpaired) electrons. The number of hydrogen-bond donors (Lipinski definition) is 3. The molecule has 9 nitrogen and oxygen atoms in total. The second-order valence-corrected chi connectivity index (χ2v) is 5.39. The number of non-ortho nitro benzene ring substituents is 1. The van der Waals surface area contributed by atoms with Crippen LogP contribution in [0.15, 0.2) is 36.4 Å². The van der Waals surface area contributed by atoms with Crippen LogP contribution in [0.4, 0.5) is 25.8 Å². The Labute approximate surface area is 157 Å². The molecule has 1 amide bonds. The van der Waals surface area contributed by atoms with Crippen LogP contribution >= 0.6 is 0 Å². The van der Waals surface area contributed by atoms with E-state index in [-0.39, 0.29) is 35.8 Å². The summed E-state index contributed by atoms with van der Waals surface area (Å²) >= 11 is 0. The van der Waals surface area contributed by atoms with Crippen LogP contribution in [-0.4, -0.2) is 41.7 Å². The van der Waals surface area contributed by atoms with Gasteiger partial charge in [0, 0.05) is 36.1 Å². The molecule has 3 N–H and O–H groups in total. The minimum Gasteiger partial charge on any atom is -0.452 e. The summed E-state index contributed by atoms with van der Waals surface area (Å²) in [4.78, 5) is 34.2. The lowest BCUT2D eigenvalue weighted by atomic mass is 10.1. The number of nitro groups is 1. The van der Waals surface area contributed by atoms with Gasteiger partial charge in [-0.15, -0.1) is 0 Å². The maximum atomic E-state index is 13.1.